The molecule has 3 aromatic rings. The second kappa shape index (κ2) is 6.67. The zero-order chi connectivity index (χ0) is 18.0. The zero-order valence-electron chi connectivity index (χ0n) is 14.4. The number of rotatable bonds is 6. The van der Waals surface area contributed by atoms with Gasteiger partial charge in [-0.3, -0.25) is 4.79 Å². The number of benzene rings is 2. The first-order chi connectivity index (χ1) is 11.8. The number of nitrogens with zero attached hydrogens (tertiary/aromatic N) is 2. The molecule has 2 aromatic carbocycles. The lowest BCUT2D eigenvalue weighted by Crippen LogP contribution is -2.22. The first kappa shape index (κ1) is 17.1. The lowest BCUT2D eigenvalue weighted by molar-refractivity contribution is -0.139. The maximum absolute atomic E-state index is 13.2. The van der Waals surface area contributed by atoms with Gasteiger partial charge in [-0.2, -0.15) is 0 Å². The summed E-state index contributed by atoms with van der Waals surface area (Å²) in [5, 5.41) is 9.13. The minimum absolute atomic E-state index is 0.0761. The first-order valence-corrected chi connectivity index (χ1v) is 8.24. The van der Waals surface area contributed by atoms with Crippen LogP contribution in [0.15, 0.2) is 48.5 Å². The second-order valence-electron chi connectivity index (χ2n) is 7.14. The van der Waals surface area contributed by atoms with Gasteiger partial charge in [0.1, 0.15) is 11.6 Å². The zero-order valence-corrected chi connectivity index (χ0v) is 14.4. The van der Waals surface area contributed by atoms with Crippen molar-refractivity contribution < 1.29 is 14.3 Å². The number of carboxylic acids is 1. The Morgan fingerprint density at radius 1 is 1.16 bits per heavy atom. The van der Waals surface area contributed by atoms with Gasteiger partial charge in [-0.25, -0.2) is 9.37 Å². The fourth-order valence-electron chi connectivity index (χ4n) is 3.11. The Morgan fingerprint density at radius 3 is 2.52 bits per heavy atom. The van der Waals surface area contributed by atoms with E-state index < -0.39 is 11.4 Å². The molecular formula is C20H21FN2O2. The van der Waals surface area contributed by atoms with E-state index in [2.05, 4.69) is 4.57 Å². The Labute approximate surface area is 145 Å². The number of imidazole rings is 1. The van der Waals surface area contributed by atoms with E-state index in [1.807, 2.05) is 38.1 Å². The van der Waals surface area contributed by atoms with Crippen molar-refractivity contribution in [1.82, 2.24) is 9.55 Å². The van der Waals surface area contributed by atoms with Crippen molar-refractivity contribution in [3.63, 3.8) is 0 Å². The lowest BCUT2D eigenvalue weighted by Gasteiger charge is -2.22. The first-order valence-electron chi connectivity index (χ1n) is 8.24. The molecule has 5 heteroatoms. The number of fused-ring (bicyclic) bond motifs is 1. The van der Waals surface area contributed by atoms with Crippen LogP contribution >= 0.6 is 0 Å². The van der Waals surface area contributed by atoms with Crippen LogP contribution in [-0.4, -0.2) is 20.6 Å². The minimum Gasteiger partial charge on any atom is -0.481 e. The van der Waals surface area contributed by atoms with Crippen LogP contribution in [0.25, 0.3) is 11.0 Å². The molecule has 0 atom stereocenters. The molecule has 130 valence electrons. The van der Waals surface area contributed by atoms with Crippen molar-refractivity contribution in [3.05, 3.63) is 65.7 Å². The van der Waals surface area contributed by atoms with Crippen LogP contribution < -0.4 is 0 Å². The van der Waals surface area contributed by atoms with E-state index in [1.54, 1.807) is 12.1 Å². The van der Waals surface area contributed by atoms with Gasteiger partial charge in [0.2, 0.25) is 0 Å². The highest BCUT2D eigenvalue weighted by Crippen LogP contribution is 2.28. The van der Waals surface area contributed by atoms with Gasteiger partial charge in [-0.15, -0.1) is 0 Å². The summed E-state index contributed by atoms with van der Waals surface area (Å²) >= 11 is 0. The van der Waals surface area contributed by atoms with Gasteiger partial charge in [0.15, 0.2) is 0 Å². The van der Waals surface area contributed by atoms with E-state index in [1.165, 1.54) is 12.1 Å². The maximum atomic E-state index is 13.2. The highest BCUT2D eigenvalue weighted by atomic mass is 19.1. The molecule has 25 heavy (non-hydrogen) atoms. The molecule has 1 heterocycles. The van der Waals surface area contributed by atoms with E-state index in [-0.39, 0.29) is 12.2 Å². The summed E-state index contributed by atoms with van der Waals surface area (Å²) in [6.45, 7) is 4.44. The number of hydrogen-bond donors (Lipinski definition) is 1. The van der Waals surface area contributed by atoms with Crippen LogP contribution in [0.4, 0.5) is 4.39 Å². The average Bonchev–Trinajstić information content (AvgIpc) is 2.85. The number of hydrogen-bond acceptors (Lipinski definition) is 2. The molecule has 0 aliphatic carbocycles. The smallest absolute Gasteiger partial charge is 0.303 e. The van der Waals surface area contributed by atoms with Gasteiger partial charge >= 0.3 is 5.97 Å². The molecule has 0 aliphatic rings. The summed E-state index contributed by atoms with van der Waals surface area (Å²) in [5.41, 5.74) is 2.44. The minimum atomic E-state index is -0.814. The molecule has 3 rings (SSSR count). The van der Waals surface area contributed by atoms with Crippen molar-refractivity contribution in [1.29, 1.82) is 0 Å². The molecule has 1 aromatic heterocycles. The molecule has 0 bridgehead atoms. The summed E-state index contributed by atoms with van der Waals surface area (Å²) in [6, 6.07) is 14.3. The molecule has 1 N–H and O–H groups in total. The third-order valence-corrected chi connectivity index (χ3v) is 4.25. The highest BCUT2D eigenvalue weighted by Gasteiger charge is 2.25. The van der Waals surface area contributed by atoms with Crippen molar-refractivity contribution in [2.24, 2.45) is 5.41 Å². The third kappa shape index (κ3) is 4.05. The summed E-state index contributed by atoms with van der Waals surface area (Å²) in [7, 11) is 0. The van der Waals surface area contributed by atoms with E-state index in [0.717, 1.165) is 22.4 Å². The summed E-state index contributed by atoms with van der Waals surface area (Å²) in [4.78, 5) is 15.8. The van der Waals surface area contributed by atoms with Gasteiger partial charge in [-0.05, 0) is 35.2 Å². The predicted molar refractivity (Wildman–Crippen MR) is 95.0 cm³/mol. The fraction of sp³-hybridized carbons (Fsp3) is 0.300. The van der Waals surface area contributed by atoms with Crippen molar-refractivity contribution >= 4 is 17.0 Å². The Hall–Kier alpha value is -2.69. The monoisotopic (exact) mass is 340 g/mol. The number of aliphatic carboxylic acids is 1. The van der Waals surface area contributed by atoms with Crippen LogP contribution in [0.1, 0.15) is 31.7 Å². The van der Waals surface area contributed by atoms with E-state index >= 15 is 0 Å². The number of para-hydroxylation sites is 2. The molecular weight excluding hydrogens is 319 g/mol. The highest BCUT2D eigenvalue weighted by molar-refractivity contribution is 5.76. The summed E-state index contributed by atoms with van der Waals surface area (Å²) in [6.07, 6.45) is 0.627. The van der Waals surface area contributed by atoms with Crippen LogP contribution in [0.5, 0.6) is 0 Å². The molecule has 0 radical (unpaired) electrons. The van der Waals surface area contributed by atoms with Crippen LogP contribution in [-0.2, 0) is 17.8 Å². The Balaban J connectivity index is 1.99. The Bertz CT molecular complexity index is 898. The molecule has 4 nitrogen and oxygen atoms in total. The van der Waals surface area contributed by atoms with Crippen molar-refractivity contribution in [2.75, 3.05) is 0 Å². The van der Waals surface area contributed by atoms with Crippen LogP contribution in [0.2, 0.25) is 0 Å². The Kier molecular flexibility index (Phi) is 4.57. The van der Waals surface area contributed by atoms with Gasteiger partial charge in [0, 0.05) is 13.0 Å². The SMILES string of the molecule is CC(C)(CC(=O)O)Cc1nc2ccccc2n1Cc1ccc(F)cc1. The topological polar surface area (TPSA) is 55.1 Å². The molecule has 0 spiro atoms. The molecule has 0 saturated carbocycles. The number of carboxylic acid groups (broad SMARTS) is 1. The quantitative estimate of drug-likeness (QED) is 0.729. The van der Waals surface area contributed by atoms with Crippen molar-refractivity contribution in [3.8, 4) is 0 Å². The summed E-state index contributed by atoms with van der Waals surface area (Å²) in [5.74, 6) is -0.231. The standard InChI is InChI=1S/C20H21FN2O2/c1-20(2,12-19(24)25)11-18-22-16-5-3-4-6-17(16)23(18)13-14-7-9-15(21)10-8-14/h3-10H,11-13H2,1-2H3,(H,24,25). The molecule has 0 saturated heterocycles. The lowest BCUT2D eigenvalue weighted by atomic mass is 9.85. The van der Waals surface area contributed by atoms with Crippen molar-refractivity contribution in [2.45, 2.75) is 33.2 Å². The molecule has 0 aliphatic heterocycles. The molecule has 0 unspecified atom stereocenters. The van der Waals surface area contributed by atoms with Gasteiger partial charge < -0.3 is 9.67 Å². The fourth-order valence-corrected chi connectivity index (χ4v) is 3.11. The van der Waals surface area contributed by atoms with E-state index in [9.17, 15) is 9.18 Å². The largest absolute Gasteiger partial charge is 0.481 e. The van der Waals surface area contributed by atoms with Crippen LogP contribution in [0.3, 0.4) is 0 Å². The third-order valence-electron chi connectivity index (χ3n) is 4.25. The van der Waals surface area contributed by atoms with E-state index in [4.69, 9.17) is 10.1 Å². The average molecular weight is 340 g/mol. The number of halogens is 1. The number of carbonyl (C=O) groups is 1. The van der Waals surface area contributed by atoms with Gasteiger partial charge in [0.25, 0.3) is 0 Å². The molecule has 0 amide bonds. The van der Waals surface area contributed by atoms with Gasteiger partial charge in [0.05, 0.1) is 17.5 Å². The van der Waals surface area contributed by atoms with E-state index in [0.29, 0.717) is 13.0 Å². The maximum Gasteiger partial charge on any atom is 0.303 e. The molecule has 0 fully saturated rings. The second-order valence-corrected chi connectivity index (χ2v) is 7.14. The normalized spacial score (nSPS) is 11.8. The Morgan fingerprint density at radius 2 is 1.84 bits per heavy atom. The van der Waals surface area contributed by atoms with Crippen LogP contribution in [0, 0.1) is 11.2 Å². The predicted octanol–water partition coefficient (Wildman–Crippen LogP) is 4.27. The van der Waals surface area contributed by atoms with Gasteiger partial charge in [-0.1, -0.05) is 38.1 Å². The summed E-state index contributed by atoms with van der Waals surface area (Å²) < 4.78 is 15.3. The number of aromatic nitrogens is 2.